The molecule has 0 aromatic carbocycles. The van der Waals surface area contributed by atoms with E-state index in [2.05, 4.69) is 34.4 Å². The molecule has 0 bridgehead atoms. The quantitative estimate of drug-likeness (QED) is 0.600. The highest BCUT2D eigenvalue weighted by Gasteiger charge is 2.20. The van der Waals surface area contributed by atoms with Gasteiger partial charge in [-0.3, -0.25) is 9.69 Å². The first kappa shape index (κ1) is 19.9. The number of carbonyl (C=O) groups is 1. The molecule has 0 spiro atoms. The number of amides is 1. The van der Waals surface area contributed by atoms with Crippen molar-refractivity contribution in [2.24, 2.45) is 0 Å². The van der Waals surface area contributed by atoms with Gasteiger partial charge in [-0.15, -0.1) is 0 Å². The summed E-state index contributed by atoms with van der Waals surface area (Å²) in [5.41, 5.74) is 0.526. The van der Waals surface area contributed by atoms with Crippen molar-refractivity contribution in [3.63, 3.8) is 0 Å². The number of anilines is 1. The zero-order chi connectivity index (χ0) is 18.8. The van der Waals surface area contributed by atoms with E-state index < -0.39 is 0 Å². The van der Waals surface area contributed by atoms with Crippen molar-refractivity contribution in [2.45, 2.75) is 19.9 Å². The van der Waals surface area contributed by atoms with E-state index in [1.807, 2.05) is 18.2 Å². The van der Waals surface area contributed by atoms with Gasteiger partial charge in [0.05, 0.1) is 24.5 Å². The molecule has 0 fully saturated rings. The molecule has 0 aliphatic rings. The van der Waals surface area contributed by atoms with Gasteiger partial charge in [-0.1, -0.05) is 13.8 Å². The number of hydrogen-bond acceptors (Lipinski definition) is 6. The predicted molar refractivity (Wildman–Crippen MR) is 101 cm³/mol. The van der Waals surface area contributed by atoms with Gasteiger partial charge < -0.3 is 19.8 Å². The summed E-state index contributed by atoms with van der Waals surface area (Å²) in [6, 6.07) is 7.59. The largest absolute Gasteiger partial charge is 0.468 e. The van der Waals surface area contributed by atoms with Gasteiger partial charge in [-0.05, 0) is 37.4 Å². The Labute approximate surface area is 154 Å². The average molecular weight is 360 g/mol. The smallest absolute Gasteiger partial charge is 0.252 e. The average Bonchev–Trinajstić information content (AvgIpc) is 3.20. The van der Waals surface area contributed by atoms with E-state index >= 15 is 0 Å². The molecule has 142 valence electrons. The van der Waals surface area contributed by atoms with Crippen molar-refractivity contribution >= 4 is 11.7 Å². The first-order valence-corrected chi connectivity index (χ1v) is 8.94. The van der Waals surface area contributed by atoms with Gasteiger partial charge in [0.25, 0.3) is 5.91 Å². The molecule has 2 heterocycles. The Bertz CT molecular complexity index is 639. The molecule has 0 saturated carbocycles. The first-order chi connectivity index (χ1) is 12.7. The van der Waals surface area contributed by atoms with Crippen LogP contribution in [0.25, 0.3) is 0 Å². The number of ether oxygens (including phenoxy) is 1. The highest BCUT2D eigenvalue weighted by molar-refractivity contribution is 5.94. The fraction of sp³-hybridized carbons (Fsp3) is 0.474. The molecular formula is C19H28N4O3. The first-order valence-electron chi connectivity index (χ1n) is 8.94. The fourth-order valence-electron chi connectivity index (χ4n) is 2.76. The topological polar surface area (TPSA) is 79.6 Å². The third-order valence-electron chi connectivity index (χ3n) is 4.22. The Morgan fingerprint density at radius 3 is 2.69 bits per heavy atom. The van der Waals surface area contributed by atoms with Crippen molar-refractivity contribution in [2.75, 3.05) is 45.2 Å². The lowest BCUT2D eigenvalue weighted by molar-refractivity contribution is 0.0937. The van der Waals surface area contributed by atoms with Crippen LogP contribution in [0.2, 0.25) is 0 Å². The van der Waals surface area contributed by atoms with E-state index in [0.717, 1.165) is 24.7 Å². The SMILES string of the molecule is CCN(CC)C(CNc1ccc(C(=O)NCCOC)cn1)c1ccco1. The van der Waals surface area contributed by atoms with Crippen LogP contribution in [0.5, 0.6) is 0 Å². The number of carbonyl (C=O) groups excluding carboxylic acids is 1. The Balaban J connectivity index is 1.95. The molecule has 1 atom stereocenters. The molecule has 7 heteroatoms. The maximum atomic E-state index is 12.0. The highest BCUT2D eigenvalue weighted by atomic mass is 16.5. The van der Waals surface area contributed by atoms with Crippen LogP contribution in [-0.4, -0.2) is 55.7 Å². The molecule has 2 aromatic rings. The molecule has 0 radical (unpaired) electrons. The van der Waals surface area contributed by atoms with E-state index in [4.69, 9.17) is 9.15 Å². The van der Waals surface area contributed by atoms with Crippen molar-refractivity contribution in [1.29, 1.82) is 0 Å². The summed E-state index contributed by atoms with van der Waals surface area (Å²) in [6.07, 6.45) is 3.27. The van der Waals surface area contributed by atoms with Crippen LogP contribution in [0.1, 0.15) is 36.0 Å². The van der Waals surface area contributed by atoms with Crippen molar-refractivity contribution in [1.82, 2.24) is 15.2 Å². The number of likely N-dealkylation sites (N-methyl/N-ethyl adjacent to an activating group) is 1. The summed E-state index contributed by atoms with van der Waals surface area (Å²) in [5, 5.41) is 6.11. The van der Waals surface area contributed by atoms with Gasteiger partial charge in [0, 0.05) is 26.4 Å². The van der Waals surface area contributed by atoms with Gasteiger partial charge in [-0.2, -0.15) is 0 Å². The third kappa shape index (κ3) is 5.57. The fourth-order valence-corrected chi connectivity index (χ4v) is 2.76. The van der Waals surface area contributed by atoms with Crippen LogP contribution in [0.3, 0.4) is 0 Å². The monoisotopic (exact) mass is 360 g/mol. The number of rotatable bonds is 11. The zero-order valence-corrected chi connectivity index (χ0v) is 15.7. The number of pyridine rings is 1. The van der Waals surface area contributed by atoms with E-state index in [-0.39, 0.29) is 11.9 Å². The molecule has 26 heavy (non-hydrogen) atoms. The summed E-state index contributed by atoms with van der Waals surface area (Å²) in [7, 11) is 1.60. The normalized spacial score (nSPS) is 12.2. The molecule has 1 unspecified atom stereocenters. The van der Waals surface area contributed by atoms with Crippen LogP contribution in [-0.2, 0) is 4.74 Å². The maximum Gasteiger partial charge on any atom is 0.252 e. The lowest BCUT2D eigenvalue weighted by atomic mass is 10.2. The molecule has 2 N–H and O–H groups in total. The number of hydrogen-bond donors (Lipinski definition) is 2. The van der Waals surface area contributed by atoms with Gasteiger partial charge in [-0.25, -0.2) is 4.98 Å². The standard InChI is InChI=1S/C19H28N4O3/c1-4-23(5-2)16(17-7-6-11-26-17)14-22-18-9-8-15(13-21-18)19(24)20-10-12-25-3/h6-9,11,13,16H,4-5,10,12,14H2,1-3H3,(H,20,24)(H,21,22). The number of furan rings is 1. The number of nitrogens with one attached hydrogen (secondary N) is 2. The van der Waals surface area contributed by atoms with Crippen LogP contribution in [0.4, 0.5) is 5.82 Å². The van der Waals surface area contributed by atoms with Gasteiger partial charge in [0.1, 0.15) is 11.6 Å². The lowest BCUT2D eigenvalue weighted by Crippen LogP contribution is -2.33. The molecule has 0 saturated heterocycles. The van der Waals surface area contributed by atoms with Crippen LogP contribution >= 0.6 is 0 Å². The Hall–Kier alpha value is -2.38. The Morgan fingerprint density at radius 1 is 1.31 bits per heavy atom. The molecule has 2 rings (SSSR count). The number of nitrogens with zero attached hydrogens (tertiary/aromatic N) is 2. The van der Waals surface area contributed by atoms with Crippen LogP contribution < -0.4 is 10.6 Å². The lowest BCUT2D eigenvalue weighted by Gasteiger charge is -2.28. The number of methoxy groups -OCH3 is 1. The second-order valence-electron chi connectivity index (χ2n) is 5.81. The van der Waals surface area contributed by atoms with Crippen molar-refractivity contribution in [3.05, 3.63) is 48.0 Å². The Morgan fingerprint density at radius 2 is 2.12 bits per heavy atom. The van der Waals surface area contributed by atoms with E-state index in [9.17, 15) is 4.79 Å². The maximum absolute atomic E-state index is 12.0. The zero-order valence-electron chi connectivity index (χ0n) is 15.7. The summed E-state index contributed by atoms with van der Waals surface area (Å²) in [6.45, 7) is 7.75. The van der Waals surface area contributed by atoms with E-state index in [1.54, 1.807) is 25.6 Å². The minimum absolute atomic E-state index is 0.124. The summed E-state index contributed by atoms with van der Waals surface area (Å²) in [5.74, 6) is 1.50. The molecule has 2 aromatic heterocycles. The number of aromatic nitrogens is 1. The van der Waals surface area contributed by atoms with Crippen molar-refractivity contribution < 1.29 is 13.9 Å². The van der Waals surface area contributed by atoms with Crippen LogP contribution in [0.15, 0.2) is 41.1 Å². The predicted octanol–water partition coefficient (Wildman–Crippen LogP) is 2.55. The minimum atomic E-state index is -0.155. The summed E-state index contributed by atoms with van der Waals surface area (Å²) >= 11 is 0. The second-order valence-corrected chi connectivity index (χ2v) is 5.81. The van der Waals surface area contributed by atoms with Gasteiger partial charge in [0.2, 0.25) is 0 Å². The van der Waals surface area contributed by atoms with Gasteiger partial charge >= 0.3 is 0 Å². The van der Waals surface area contributed by atoms with Gasteiger partial charge in [0.15, 0.2) is 0 Å². The van der Waals surface area contributed by atoms with E-state index in [1.165, 1.54) is 0 Å². The molecule has 7 nitrogen and oxygen atoms in total. The third-order valence-corrected chi connectivity index (χ3v) is 4.22. The molecular weight excluding hydrogens is 332 g/mol. The summed E-state index contributed by atoms with van der Waals surface area (Å²) < 4.78 is 10.5. The highest BCUT2D eigenvalue weighted by Crippen LogP contribution is 2.21. The molecule has 0 aliphatic heterocycles. The Kier molecular flexibility index (Phi) is 8.11. The second kappa shape index (κ2) is 10.6. The van der Waals surface area contributed by atoms with Crippen LogP contribution in [0, 0.1) is 0 Å². The molecule has 1 amide bonds. The minimum Gasteiger partial charge on any atom is -0.468 e. The molecule has 0 aliphatic carbocycles. The summed E-state index contributed by atoms with van der Waals surface area (Å²) in [4.78, 5) is 18.6. The van der Waals surface area contributed by atoms with Crippen molar-refractivity contribution in [3.8, 4) is 0 Å². The van der Waals surface area contributed by atoms with E-state index in [0.29, 0.717) is 25.3 Å².